The number of piperazine rings is 1. The maximum Gasteiger partial charge on any atom is 0.258 e. The fourth-order valence-corrected chi connectivity index (χ4v) is 3.62. The van der Waals surface area contributed by atoms with E-state index in [0.717, 1.165) is 61.8 Å². The van der Waals surface area contributed by atoms with Gasteiger partial charge in [0.05, 0.1) is 11.0 Å². The van der Waals surface area contributed by atoms with Crippen molar-refractivity contribution in [2.45, 2.75) is 38.2 Å². The van der Waals surface area contributed by atoms with Crippen molar-refractivity contribution in [3.05, 3.63) is 24.3 Å². The Labute approximate surface area is 143 Å². The van der Waals surface area contributed by atoms with Gasteiger partial charge in [-0.3, -0.25) is 0 Å². The fourth-order valence-electron chi connectivity index (χ4n) is 3.62. The lowest BCUT2D eigenvalue weighted by Crippen LogP contribution is -2.45. The summed E-state index contributed by atoms with van der Waals surface area (Å²) in [6, 6.07) is 8.08. The number of fused-ring (bicyclic) bond motifs is 1. The van der Waals surface area contributed by atoms with E-state index in [2.05, 4.69) is 16.8 Å². The highest BCUT2D eigenvalue weighted by Gasteiger charge is 2.24. The van der Waals surface area contributed by atoms with Crippen LogP contribution in [0.4, 0.5) is 5.82 Å². The molecule has 1 aliphatic carbocycles. The van der Waals surface area contributed by atoms with Gasteiger partial charge in [-0.1, -0.05) is 18.6 Å². The number of ether oxygens (including phenoxy) is 1. The number of hydrogen-bond donors (Lipinski definition) is 0. The summed E-state index contributed by atoms with van der Waals surface area (Å²) < 4.78 is 6.35. The zero-order valence-electron chi connectivity index (χ0n) is 14.4. The highest BCUT2D eigenvalue weighted by Crippen LogP contribution is 2.31. The van der Waals surface area contributed by atoms with Gasteiger partial charge < -0.3 is 14.5 Å². The molecule has 5 heteroatoms. The van der Waals surface area contributed by atoms with Crippen LogP contribution in [-0.4, -0.2) is 54.2 Å². The van der Waals surface area contributed by atoms with Gasteiger partial charge in [-0.25, -0.2) is 9.97 Å². The minimum atomic E-state index is 0.292. The normalized spacial score (nSPS) is 20.5. The summed E-state index contributed by atoms with van der Waals surface area (Å²) in [5, 5.41) is 0. The third-order valence-electron chi connectivity index (χ3n) is 5.15. The molecule has 0 spiro atoms. The van der Waals surface area contributed by atoms with Crippen LogP contribution >= 0.6 is 0 Å². The summed E-state index contributed by atoms with van der Waals surface area (Å²) in [5.74, 6) is 1.65. The van der Waals surface area contributed by atoms with Crippen molar-refractivity contribution in [3.63, 3.8) is 0 Å². The Morgan fingerprint density at radius 1 is 0.917 bits per heavy atom. The second kappa shape index (κ2) is 6.93. The average Bonchev–Trinajstić information content (AvgIpc) is 2.63. The third kappa shape index (κ3) is 3.31. The van der Waals surface area contributed by atoms with Crippen molar-refractivity contribution < 1.29 is 4.74 Å². The number of para-hydroxylation sites is 2. The molecule has 0 atom stereocenters. The van der Waals surface area contributed by atoms with Crippen LogP contribution < -0.4 is 9.64 Å². The Morgan fingerprint density at radius 2 is 1.58 bits per heavy atom. The Hall–Kier alpha value is -1.88. The molecule has 1 aromatic carbocycles. The van der Waals surface area contributed by atoms with Crippen LogP contribution in [0.1, 0.15) is 32.1 Å². The zero-order valence-corrected chi connectivity index (χ0v) is 14.4. The standard InChI is InChI=1S/C19H26N4O/c1-22-11-13-23(14-12-22)18-19(24-15-7-3-2-4-8-15)21-17-10-6-5-9-16(17)20-18/h5-6,9-10,15H,2-4,7-8,11-14H2,1H3. The summed E-state index contributed by atoms with van der Waals surface area (Å²) in [6.45, 7) is 4.06. The van der Waals surface area contributed by atoms with Crippen molar-refractivity contribution in [1.82, 2.24) is 14.9 Å². The first-order valence-electron chi connectivity index (χ1n) is 9.16. The van der Waals surface area contributed by atoms with Crippen molar-refractivity contribution >= 4 is 16.9 Å². The van der Waals surface area contributed by atoms with Crippen LogP contribution in [0.3, 0.4) is 0 Å². The second-order valence-electron chi connectivity index (χ2n) is 7.01. The van der Waals surface area contributed by atoms with Crippen LogP contribution in [0, 0.1) is 0 Å². The van der Waals surface area contributed by atoms with Crippen LogP contribution in [0.15, 0.2) is 24.3 Å². The van der Waals surface area contributed by atoms with E-state index in [0.29, 0.717) is 6.10 Å². The number of benzene rings is 1. The van der Waals surface area contributed by atoms with Crippen molar-refractivity contribution in [3.8, 4) is 5.88 Å². The molecule has 24 heavy (non-hydrogen) atoms. The van der Waals surface area contributed by atoms with Gasteiger partial charge in [0.2, 0.25) is 0 Å². The molecule has 0 radical (unpaired) electrons. The molecule has 1 saturated carbocycles. The summed E-state index contributed by atoms with van der Waals surface area (Å²) in [4.78, 5) is 14.4. The van der Waals surface area contributed by atoms with Crippen molar-refractivity contribution in [2.24, 2.45) is 0 Å². The maximum atomic E-state index is 6.35. The summed E-state index contributed by atoms with van der Waals surface area (Å²) in [6.07, 6.45) is 6.41. The summed E-state index contributed by atoms with van der Waals surface area (Å²) >= 11 is 0. The third-order valence-corrected chi connectivity index (χ3v) is 5.15. The first kappa shape index (κ1) is 15.6. The summed E-state index contributed by atoms with van der Waals surface area (Å²) in [5.41, 5.74) is 1.86. The number of anilines is 1. The van der Waals surface area contributed by atoms with E-state index < -0.39 is 0 Å². The number of nitrogens with zero attached hydrogens (tertiary/aromatic N) is 4. The van der Waals surface area contributed by atoms with E-state index >= 15 is 0 Å². The molecule has 0 amide bonds. The van der Waals surface area contributed by atoms with Gasteiger partial charge in [-0.2, -0.15) is 0 Å². The molecule has 2 heterocycles. The largest absolute Gasteiger partial charge is 0.472 e. The van der Waals surface area contributed by atoms with Crippen molar-refractivity contribution in [2.75, 3.05) is 38.1 Å². The Morgan fingerprint density at radius 3 is 2.29 bits per heavy atom. The highest BCUT2D eigenvalue weighted by atomic mass is 16.5. The molecule has 0 bridgehead atoms. The van der Waals surface area contributed by atoms with E-state index in [-0.39, 0.29) is 0 Å². The molecule has 2 aromatic rings. The molecule has 4 rings (SSSR count). The summed E-state index contributed by atoms with van der Waals surface area (Å²) in [7, 11) is 2.17. The number of hydrogen-bond acceptors (Lipinski definition) is 5. The van der Waals surface area contributed by atoms with Gasteiger partial charge >= 0.3 is 0 Å². The van der Waals surface area contributed by atoms with E-state index in [1.54, 1.807) is 0 Å². The predicted octanol–water partition coefficient (Wildman–Crippen LogP) is 3.09. The Balaban J connectivity index is 1.67. The van der Waals surface area contributed by atoms with Crippen LogP contribution in [0.5, 0.6) is 5.88 Å². The lowest BCUT2D eigenvalue weighted by molar-refractivity contribution is 0.149. The minimum Gasteiger partial charge on any atom is -0.472 e. The number of aromatic nitrogens is 2. The fraction of sp³-hybridized carbons (Fsp3) is 0.579. The Kier molecular flexibility index (Phi) is 4.52. The van der Waals surface area contributed by atoms with Crippen molar-refractivity contribution in [1.29, 1.82) is 0 Å². The molecule has 2 aliphatic rings. The molecular formula is C19H26N4O. The van der Waals surface area contributed by atoms with E-state index in [1.807, 2.05) is 24.3 Å². The molecule has 1 saturated heterocycles. The van der Waals surface area contributed by atoms with Gasteiger partial charge in [0.25, 0.3) is 5.88 Å². The number of rotatable bonds is 3. The first-order valence-corrected chi connectivity index (χ1v) is 9.16. The molecule has 128 valence electrons. The highest BCUT2D eigenvalue weighted by molar-refractivity contribution is 5.77. The van der Waals surface area contributed by atoms with E-state index in [1.165, 1.54) is 19.3 Å². The first-order chi connectivity index (χ1) is 11.8. The SMILES string of the molecule is CN1CCN(c2nc3ccccc3nc2OC2CCCCC2)CC1. The monoisotopic (exact) mass is 326 g/mol. The predicted molar refractivity (Wildman–Crippen MR) is 96.7 cm³/mol. The second-order valence-corrected chi connectivity index (χ2v) is 7.01. The molecule has 5 nitrogen and oxygen atoms in total. The molecule has 2 fully saturated rings. The van der Waals surface area contributed by atoms with Gasteiger partial charge in [0, 0.05) is 26.2 Å². The molecular weight excluding hydrogens is 300 g/mol. The van der Waals surface area contributed by atoms with Gasteiger partial charge in [0.15, 0.2) is 5.82 Å². The minimum absolute atomic E-state index is 0.292. The smallest absolute Gasteiger partial charge is 0.258 e. The molecule has 0 N–H and O–H groups in total. The van der Waals surface area contributed by atoms with Crippen LogP contribution in [0.2, 0.25) is 0 Å². The quantitative estimate of drug-likeness (QED) is 0.867. The zero-order chi connectivity index (χ0) is 16.4. The molecule has 1 aromatic heterocycles. The topological polar surface area (TPSA) is 41.5 Å². The molecule has 1 aliphatic heterocycles. The van der Waals surface area contributed by atoms with Gasteiger partial charge in [-0.05, 0) is 44.9 Å². The van der Waals surface area contributed by atoms with E-state index in [4.69, 9.17) is 14.7 Å². The number of likely N-dealkylation sites (N-methyl/N-ethyl adjacent to an activating group) is 1. The van der Waals surface area contributed by atoms with Gasteiger partial charge in [-0.15, -0.1) is 0 Å². The lowest BCUT2D eigenvalue weighted by Gasteiger charge is -2.34. The lowest BCUT2D eigenvalue weighted by atomic mass is 9.98. The van der Waals surface area contributed by atoms with E-state index in [9.17, 15) is 0 Å². The van der Waals surface area contributed by atoms with Crippen LogP contribution in [-0.2, 0) is 0 Å². The Bertz CT molecular complexity index is 691. The molecule has 0 unspecified atom stereocenters. The maximum absolute atomic E-state index is 6.35. The average molecular weight is 326 g/mol. The van der Waals surface area contributed by atoms with Gasteiger partial charge in [0.1, 0.15) is 6.10 Å². The van der Waals surface area contributed by atoms with Crippen LogP contribution in [0.25, 0.3) is 11.0 Å².